The van der Waals surface area contributed by atoms with Crippen LogP contribution in [-0.4, -0.2) is 28.0 Å². The average Bonchev–Trinajstić information content (AvgIpc) is 2.55. The van der Waals surface area contributed by atoms with Gasteiger partial charge in [-0.2, -0.15) is 8.78 Å². The summed E-state index contributed by atoms with van der Waals surface area (Å²) in [5.41, 5.74) is 0.735. The van der Waals surface area contributed by atoms with Crippen molar-refractivity contribution in [2.45, 2.75) is 18.4 Å². The molecule has 26 heavy (non-hydrogen) atoms. The van der Waals surface area contributed by atoms with E-state index in [1.54, 1.807) is 6.92 Å². The number of aryl methyl sites for hydroxylation is 1. The minimum Gasteiger partial charge on any atom is -0.493 e. The number of halogens is 2. The summed E-state index contributed by atoms with van der Waals surface area (Å²) < 4.78 is 57.0. The fourth-order valence-electron chi connectivity index (χ4n) is 2.19. The molecule has 3 N–H and O–H groups in total. The van der Waals surface area contributed by atoms with Gasteiger partial charge in [0.05, 0.1) is 12.0 Å². The number of nitrogens with one attached hydrogen (secondary N) is 1. The van der Waals surface area contributed by atoms with Crippen molar-refractivity contribution in [2.75, 3.05) is 12.4 Å². The number of anilines is 1. The number of carbonyl (C=O) groups excluding carboxylic acids is 1. The van der Waals surface area contributed by atoms with E-state index in [-0.39, 0.29) is 27.6 Å². The number of rotatable bonds is 6. The van der Waals surface area contributed by atoms with Crippen molar-refractivity contribution >= 4 is 21.6 Å². The molecule has 0 aliphatic rings. The molecular formula is C16H16F2N2O5S. The van der Waals surface area contributed by atoms with E-state index in [9.17, 15) is 22.0 Å². The molecule has 0 aliphatic carbocycles. The van der Waals surface area contributed by atoms with Crippen LogP contribution in [0.5, 0.6) is 11.5 Å². The van der Waals surface area contributed by atoms with Crippen molar-refractivity contribution in [3.8, 4) is 11.5 Å². The van der Waals surface area contributed by atoms with Crippen LogP contribution in [-0.2, 0) is 10.0 Å². The van der Waals surface area contributed by atoms with Crippen molar-refractivity contribution < 1.29 is 31.5 Å². The van der Waals surface area contributed by atoms with Crippen LogP contribution in [0.25, 0.3) is 0 Å². The first-order valence-electron chi connectivity index (χ1n) is 7.19. The van der Waals surface area contributed by atoms with Gasteiger partial charge in [-0.05, 0) is 42.8 Å². The molecule has 1 amide bonds. The van der Waals surface area contributed by atoms with Crippen LogP contribution in [0, 0.1) is 6.92 Å². The number of hydrogen-bond acceptors (Lipinski definition) is 5. The zero-order chi connectivity index (χ0) is 19.5. The molecule has 0 saturated heterocycles. The van der Waals surface area contributed by atoms with Crippen molar-refractivity contribution in [2.24, 2.45) is 5.14 Å². The van der Waals surface area contributed by atoms with Crippen LogP contribution < -0.4 is 19.9 Å². The third-order valence-electron chi connectivity index (χ3n) is 3.39. The summed E-state index contributed by atoms with van der Waals surface area (Å²) in [5, 5.41) is 7.64. The highest BCUT2D eigenvalue weighted by Crippen LogP contribution is 2.30. The highest BCUT2D eigenvalue weighted by molar-refractivity contribution is 7.89. The van der Waals surface area contributed by atoms with E-state index < -0.39 is 22.5 Å². The maximum absolute atomic E-state index is 12.3. The Morgan fingerprint density at radius 3 is 2.42 bits per heavy atom. The summed E-state index contributed by atoms with van der Waals surface area (Å²) in [6.45, 7) is -1.47. The van der Waals surface area contributed by atoms with Crippen LogP contribution >= 0.6 is 0 Å². The number of methoxy groups -OCH3 is 1. The van der Waals surface area contributed by atoms with Crippen LogP contribution in [0.2, 0.25) is 0 Å². The number of hydrogen-bond donors (Lipinski definition) is 2. The lowest BCUT2D eigenvalue weighted by atomic mass is 10.1. The van der Waals surface area contributed by atoms with E-state index in [4.69, 9.17) is 9.88 Å². The van der Waals surface area contributed by atoms with E-state index in [2.05, 4.69) is 10.1 Å². The van der Waals surface area contributed by atoms with Crippen LogP contribution in [0.4, 0.5) is 14.5 Å². The Kier molecular flexibility index (Phi) is 5.78. The average molecular weight is 386 g/mol. The molecule has 2 aromatic rings. The number of nitrogens with two attached hydrogens (primary N) is 1. The maximum Gasteiger partial charge on any atom is 0.387 e. The van der Waals surface area contributed by atoms with Gasteiger partial charge in [-0.3, -0.25) is 4.79 Å². The first-order chi connectivity index (χ1) is 12.1. The van der Waals surface area contributed by atoms with Gasteiger partial charge in [-0.1, -0.05) is 6.07 Å². The summed E-state index contributed by atoms with van der Waals surface area (Å²) in [7, 11) is -2.70. The first kappa shape index (κ1) is 19.6. The molecule has 10 heteroatoms. The second-order valence-electron chi connectivity index (χ2n) is 5.22. The molecule has 0 bridgehead atoms. The molecule has 0 heterocycles. The van der Waals surface area contributed by atoms with E-state index in [0.717, 1.165) is 0 Å². The molecule has 2 rings (SSSR count). The van der Waals surface area contributed by atoms with E-state index in [0.29, 0.717) is 5.56 Å². The monoisotopic (exact) mass is 386 g/mol. The minimum absolute atomic E-state index is 0.0490. The molecule has 0 aliphatic heterocycles. The predicted octanol–water partition coefficient (Wildman–Crippen LogP) is 2.50. The molecule has 2 aromatic carbocycles. The smallest absolute Gasteiger partial charge is 0.387 e. The number of sulfonamides is 1. The standard InChI is InChI=1S/C16H16F2N2O5S/c1-9-3-5-11(8-14(9)26(19,22)23)20-15(21)10-4-6-12(25-16(17)18)13(7-10)24-2/h3-8,16H,1-2H3,(H,20,21)(H2,19,22,23). The van der Waals surface area contributed by atoms with Crippen LogP contribution in [0.15, 0.2) is 41.3 Å². The Balaban J connectivity index is 2.28. The van der Waals surface area contributed by atoms with Gasteiger partial charge in [0.15, 0.2) is 11.5 Å². The molecule has 140 valence electrons. The lowest BCUT2D eigenvalue weighted by Gasteiger charge is -2.12. The summed E-state index contributed by atoms with van der Waals surface area (Å²) in [4.78, 5) is 12.2. The largest absolute Gasteiger partial charge is 0.493 e. The number of benzene rings is 2. The van der Waals surface area contributed by atoms with Gasteiger partial charge in [0.2, 0.25) is 10.0 Å². The maximum atomic E-state index is 12.3. The Bertz CT molecular complexity index is 932. The zero-order valence-electron chi connectivity index (χ0n) is 13.8. The highest BCUT2D eigenvalue weighted by Gasteiger charge is 2.16. The molecule has 0 fully saturated rings. The van der Waals surface area contributed by atoms with Gasteiger partial charge in [0.25, 0.3) is 5.91 Å². The summed E-state index contributed by atoms with van der Waals surface area (Å²) in [6, 6.07) is 7.90. The van der Waals surface area contributed by atoms with Crippen molar-refractivity contribution in [3.05, 3.63) is 47.5 Å². The molecule has 0 atom stereocenters. The Morgan fingerprint density at radius 2 is 1.85 bits per heavy atom. The second kappa shape index (κ2) is 7.67. The van der Waals surface area contributed by atoms with Gasteiger partial charge in [0, 0.05) is 11.3 Å². The fraction of sp³-hybridized carbons (Fsp3) is 0.188. The SMILES string of the molecule is COc1cc(C(=O)Nc2ccc(C)c(S(N)(=O)=O)c2)ccc1OC(F)F. The molecule has 0 aromatic heterocycles. The van der Waals surface area contributed by atoms with Gasteiger partial charge in [0.1, 0.15) is 0 Å². The third-order valence-corrected chi connectivity index (χ3v) is 4.45. The van der Waals surface area contributed by atoms with Crippen molar-refractivity contribution in [3.63, 3.8) is 0 Å². The van der Waals surface area contributed by atoms with Crippen molar-refractivity contribution in [1.82, 2.24) is 0 Å². The normalized spacial score (nSPS) is 11.3. The van der Waals surface area contributed by atoms with Gasteiger partial charge in [-0.15, -0.1) is 0 Å². The first-order valence-corrected chi connectivity index (χ1v) is 8.74. The Hall–Kier alpha value is -2.72. The van der Waals surface area contributed by atoms with E-state index in [1.165, 1.54) is 43.5 Å². The molecule has 7 nitrogen and oxygen atoms in total. The van der Waals surface area contributed by atoms with Gasteiger partial charge >= 0.3 is 6.61 Å². The molecule has 0 unspecified atom stereocenters. The van der Waals surface area contributed by atoms with Gasteiger partial charge < -0.3 is 14.8 Å². The van der Waals surface area contributed by atoms with Crippen molar-refractivity contribution in [1.29, 1.82) is 0 Å². The minimum atomic E-state index is -3.94. The number of primary sulfonamides is 1. The van der Waals surface area contributed by atoms with Crippen LogP contribution in [0.1, 0.15) is 15.9 Å². The highest BCUT2D eigenvalue weighted by atomic mass is 32.2. The number of carbonyl (C=O) groups is 1. The summed E-state index contributed by atoms with van der Waals surface area (Å²) in [5.74, 6) is -0.867. The lowest BCUT2D eigenvalue weighted by Crippen LogP contribution is -2.16. The van der Waals surface area contributed by atoms with E-state index >= 15 is 0 Å². The summed E-state index contributed by atoms with van der Waals surface area (Å²) in [6.07, 6.45) is 0. The molecule has 0 radical (unpaired) electrons. The third kappa shape index (κ3) is 4.67. The molecule has 0 spiro atoms. The second-order valence-corrected chi connectivity index (χ2v) is 6.75. The Labute approximate surface area is 148 Å². The molecular weight excluding hydrogens is 370 g/mol. The topological polar surface area (TPSA) is 108 Å². The predicted molar refractivity (Wildman–Crippen MR) is 90.1 cm³/mol. The van der Waals surface area contributed by atoms with Crippen LogP contribution in [0.3, 0.4) is 0 Å². The number of amides is 1. The van der Waals surface area contributed by atoms with Gasteiger partial charge in [-0.25, -0.2) is 13.6 Å². The number of alkyl halides is 2. The van der Waals surface area contributed by atoms with E-state index in [1.807, 2.05) is 0 Å². The number of ether oxygens (including phenoxy) is 2. The summed E-state index contributed by atoms with van der Waals surface area (Å²) >= 11 is 0. The zero-order valence-corrected chi connectivity index (χ0v) is 14.6. The Morgan fingerprint density at radius 1 is 1.15 bits per heavy atom. The fourth-order valence-corrected chi connectivity index (χ4v) is 3.00. The molecule has 0 saturated carbocycles. The quantitative estimate of drug-likeness (QED) is 0.793. The lowest BCUT2D eigenvalue weighted by molar-refractivity contribution is -0.0512.